The SMILES string of the molecule is CC1CC2OC(=O)CC2C(O)C2(C)C(=O)C=CC12. The minimum Gasteiger partial charge on any atom is -0.462 e. The van der Waals surface area contributed by atoms with Gasteiger partial charge in [-0.05, 0) is 31.3 Å². The second-order valence-electron chi connectivity index (χ2n) is 6.09. The molecule has 0 aromatic carbocycles. The van der Waals surface area contributed by atoms with Crippen LogP contribution < -0.4 is 0 Å². The molecule has 0 amide bonds. The molecule has 3 rings (SSSR count). The number of ether oxygens (including phenoxy) is 1. The molecule has 4 nitrogen and oxygen atoms in total. The number of rotatable bonds is 0. The van der Waals surface area contributed by atoms with Crippen molar-refractivity contribution in [2.75, 3.05) is 0 Å². The molecule has 98 valence electrons. The van der Waals surface area contributed by atoms with E-state index in [1.165, 1.54) is 0 Å². The third-order valence-corrected chi connectivity index (χ3v) is 5.08. The van der Waals surface area contributed by atoms with Crippen molar-refractivity contribution in [3.05, 3.63) is 12.2 Å². The van der Waals surface area contributed by atoms with Crippen molar-refractivity contribution in [1.82, 2.24) is 0 Å². The molecule has 18 heavy (non-hydrogen) atoms. The normalized spacial score (nSPS) is 50.7. The molecule has 6 atom stereocenters. The van der Waals surface area contributed by atoms with Crippen molar-refractivity contribution in [2.45, 2.75) is 38.9 Å². The van der Waals surface area contributed by atoms with E-state index in [4.69, 9.17) is 4.74 Å². The van der Waals surface area contributed by atoms with Gasteiger partial charge in [-0.15, -0.1) is 0 Å². The summed E-state index contributed by atoms with van der Waals surface area (Å²) in [6.45, 7) is 3.89. The summed E-state index contributed by atoms with van der Waals surface area (Å²) < 4.78 is 5.30. The Kier molecular flexibility index (Phi) is 2.43. The molecular weight excluding hydrogens is 232 g/mol. The van der Waals surface area contributed by atoms with Crippen LogP contribution in [0.1, 0.15) is 26.7 Å². The summed E-state index contributed by atoms with van der Waals surface area (Å²) in [4.78, 5) is 23.6. The highest BCUT2D eigenvalue weighted by molar-refractivity contribution is 5.98. The molecule has 3 aliphatic rings. The molecule has 0 bridgehead atoms. The van der Waals surface area contributed by atoms with Gasteiger partial charge in [0, 0.05) is 5.92 Å². The Hall–Kier alpha value is -1.16. The third-order valence-electron chi connectivity index (χ3n) is 5.08. The monoisotopic (exact) mass is 250 g/mol. The Morgan fingerprint density at radius 1 is 1.44 bits per heavy atom. The van der Waals surface area contributed by atoms with E-state index in [0.29, 0.717) is 0 Å². The Labute approximate surface area is 106 Å². The largest absolute Gasteiger partial charge is 0.462 e. The number of hydrogen-bond donors (Lipinski definition) is 1. The summed E-state index contributed by atoms with van der Waals surface area (Å²) in [6, 6.07) is 0. The van der Waals surface area contributed by atoms with Crippen LogP contribution in [0.15, 0.2) is 12.2 Å². The lowest BCUT2D eigenvalue weighted by atomic mass is 9.68. The van der Waals surface area contributed by atoms with Crippen molar-refractivity contribution in [1.29, 1.82) is 0 Å². The van der Waals surface area contributed by atoms with Crippen molar-refractivity contribution in [2.24, 2.45) is 23.2 Å². The number of allylic oxidation sites excluding steroid dienone is 2. The van der Waals surface area contributed by atoms with E-state index in [0.717, 1.165) is 6.42 Å². The van der Waals surface area contributed by atoms with Crippen LogP contribution in [0.3, 0.4) is 0 Å². The molecule has 0 aromatic rings. The van der Waals surface area contributed by atoms with Crippen molar-refractivity contribution in [3.63, 3.8) is 0 Å². The van der Waals surface area contributed by atoms with E-state index in [1.54, 1.807) is 6.08 Å². The first-order valence-electron chi connectivity index (χ1n) is 6.54. The Morgan fingerprint density at radius 3 is 2.89 bits per heavy atom. The van der Waals surface area contributed by atoms with E-state index in [2.05, 4.69) is 6.92 Å². The van der Waals surface area contributed by atoms with E-state index in [9.17, 15) is 14.7 Å². The lowest BCUT2D eigenvalue weighted by Gasteiger charge is -2.36. The molecular formula is C14H18O4. The van der Waals surface area contributed by atoms with Gasteiger partial charge >= 0.3 is 5.97 Å². The van der Waals surface area contributed by atoms with E-state index < -0.39 is 11.5 Å². The molecule has 0 aromatic heterocycles. The van der Waals surface area contributed by atoms with E-state index in [-0.39, 0.29) is 42.0 Å². The van der Waals surface area contributed by atoms with Gasteiger partial charge in [0.1, 0.15) is 6.10 Å². The van der Waals surface area contributed by atoms with Crippen LogP contribution in [0, 0.1) is 23.2 Å². The third kappa shape index (κ3) is 1.35. The Balaban J connectivity index is 2.03. The molecule has 1 heterocycles. The standard InChI is InChI=1S/C14H18O4/c1-7-5-10-8(6-12(16)18-10)13(17)14(2)9(7)3-4-11(14)15/h3-4,7-10,13,17H,5-6H2,1-2H3. The lowest BCUT2D eigenvalue weighted by molar-refractivity contribution is -0.142. The second kappa shape index (κ2) is 3.67. The fourth-order valence-corrected chi connectivity index (χ4v) is 3.98. The van der Waals surface area contributed by atoms with Gasteiger partial charge in [0.2, 0.25) is 0 Å². The molecule has 0 radical (unpaired) electrons. The maximum atomic E-state index is 12.1. The van der Waals surface area contributed by atoms with Gasteiger partial charge in [-0.3, -0.25) is 9.59 Å². The quantitative estimate of drug-likeness (QED) is 0.653. The number of carbonyl (C=O) groups is 2. The van der Waals surface area contributed by atoms with Crippen LogP contribution in [0.4, 0.5) is 0 Å². The summed E-state index contributed by atoms with van der Waals surface area (Å²) in [5, 5.41) is 10.6. The summed E-state index contributed by atoms with van der Waals surface area (Å²) in [7, 11) is 0. The van der Waals surface area contributed by atoms with Gasteiger partial charge in [0.05, 0.1) is 17.9 Å². The zero-order valence-corrected chi connectivity index (χ0v) is 10.6. The number of fused-ring (bicyclic) bond motifs is 2. The summed E-state index contributed by atoms with van der Waals surface area (Å²) in [5.41, 5.74) is -0.785. The van der Waals surface area contributed by atoms with Gasteiger partial charge in [0.25, 0.3) is 0 Å². The minimum atomic E-state index is -0.800. The predicted molar refractivity (Wildman–Crippen MR) is 63.5 cm³/mol. The first-order chi connectivity index (χ1) is 8.44. The average Bonchev–Trinajstić information content (AvgIpc) is 2.79. The number of ketones is 1. The van der Waals surface area contributed by atoms with Crippen molar-refractivity contribution >= 4 is 11.8 Å². The average molecular weight is 250 g/mol. The molecule has 6 unspecified atom stereocenters. The molecule has 0 spiro atoms. The minimum absolute atomic E-state index is 0.0214. The molecule has 4 heteroatoms. The molecule has 2 fully saturated rings. The highest BCUT2D eigenvalue weighted by atomic mass is 16.6. The first-order valence-corrected chi connectivity index (χ1v) is 6.54. The van der Waals surface area contributed by atoms with Crippen LogP contribution in [-0.4, -0.2) is 29.1 Å². The summed E-state index contributed by atoms with van der Waals surface area (Å²) in [6.07, 6.45) is 3.43. The molecule has 1 aliphatic heterocycles. The van der Waals surface area contributed by atoms with Crippen molar-refractivity contribution < 1.29 is 19.4 Å². The maximum absolute atomic E-state index is 12.1. The van der Waals surface area contributed by atoms with Crippen LogP contribution in [0.2, 0.25) is 0 Å². The van der Waals surface area contributed by atoms with Gasteiger partial charge in [-0.2, -0.15) is 0 Å². The van der Waals surface area contributed by atoms with Crippen LogP contribution in [-0.2, 0) is 14.3 Å². The highest BCUT2D eigenvalue weighted by Gasteiger charge is 2.58. The lowest BCUT2D eigenvalue weighted by Crippen LogP contribution is -2.46. The van der Waals surface area contributed by atoms with E-state index in [1.807, 2.05) is 13.0 Å². The zero-order valence-electron chi connectivity index (χ0n) is 10.6. The Morgan fingerprint density at radius 2 is 2.17 bits per heavy atom. The van der Waals surface area contributed by atoms with Gasteiger partial charge in [-0.1, -0.05) is 13.0 Å². The second-order valence-corrected chi connectivity index (χ2v) is 6.09. The number of carbonyl (C=O) groups excluding carboxylic acids is 2. The van der Waals surface area contributed by atoms with Gasteiger partial charge < -0.3 is 9.84 Å². The number of aliphatic hydroxyl groups excluding tert-OH is 1. The molecule has 2 aliphatic carbocycles. The summed E-state index contributed by atoms with van der Waals surface area (Å²) >= 11 is 0. The molecule has 1 N–H and O–H groups in total. The topological polar surface area (TPSA) is 63.6 Å². The number of hydrogen-bond acceptors (Lipinski definition) is 4. The maximum Gasteiger partial charge on any atom is 0.306 e. The fraction of sp³-hybridized carbons (Fsp3) is 0.714. The predicted octanol–water partition coefficient (Wildman–Crippen LogP) is 1.08. The molecule has 1 saturated carbocycles. The number of esters is 1. The first kappa shape index (κ1) is 11.9. The van der Waals surface area contributed by atoms with Gasteiger partial charge in [0.15, 0.2) is 5.78 Å². The molecule has 1 saturated heterocycles. The Bertz CT molecular complexity index is 441. The highest BCUT2D eigenvalue weighted by Crippen LogP contribution is 2.52. The zero-order chi connectivity index (χ0) is 13.1. The van der Waals surface area contributed by atoms with Gasteiger partial charge in [-0.25, -0.2) is 0 Å². The van der Waals surface area contributed by atoms with Crippen LogP contribution >= 0.6 is 0 Å². The van der Waals surface area contributed by atoms with E-state index >= 15 is 0 Å². The number of aliphatic hydroxyl groups is 1. The smallest absolute Gasteiger partial charge is 0.306 e. The fourth-order valence-electron chi connectivity index (χ4n) is 3.98. The van der Waals surface area contributed by atoms with Crippen LogP contribution in [0.5, 0.6) is 0 Å². The summed E-state index contributed by atoms with van der Waals surface area (Å²) in [5.74, 6) is -0.236. The van der Waals surface area contributed by atoms with Crippen molar-refractivity contribution in [3.8, 4) is 0 Å². The van der Waals surface area contributed by atoms with Crippen LogP contribution in [0.25, 0.3) is 0 Å².